The highest BCUT2D eigenvalue weighted by atomic mass is 16.6. The summed E-state index contributed by atoms with van der Waals surface area (Å²) in [5.74, 6) is -1.16. The second-order valence-corrected chi connectivity index (χ2v) is 7.43. The summed E-state index contributed by atoms with van der Waals surface area (Å²) in [6, 6.07) is 8.25. The minimum atomic E-state index is -0.976. The van der Waals surface area contributed by atoms with E-state index in [4.69, 9.17) is 18.9 Å². The van der Waals surface area contributed by atoms with Crippen molar-refractivity contribution in [1.29, 1.82) is 0 Å². The quantitative estimate of drug-likeness (QED) is 0.541. The van der Waals surface area contributed by atoms with Gasteiger partial charge in [0.05, 0.1) is 13.2 Å². The molecule has 0 aliphatic carbocycles. The van der Waals surface area contributed by atoms with E-state index < -0.39 is 35.8 Å². The molecule has 0 N–H and O–H groups in total. The number of benzene rings is 1. The van der Waals surface area contributed by atoms with E-state index >= 15 is 0 Å². The number of hydrogen-bond acceptors (Lipinski definition) is 7. The third-order valence-corrected chi connectivity index (χ3v) is 4.06. The Bertz CT molecular complexity index is 684. The molecule has 2 atom stereocenters. The molecule has 0 aromatic heterocycles. The van der Waals surface area contributed by atoms with Gasteiger partial charge < -0.3 is 18.9 Å². The van der Waals surface area contributed by atoms with Gasteiger partial charge in [0.1, 0.15) is 18.8 Å². The number of hydrogen-bond donors (Lipinski definition) is 0. The van der Waals surface area contributed by atoms with E-state index in [1.165, 1.54) is 12.0 Å². The van der Waals surface area contributed by atoms with Crippen LogP contribution in [-0.2, 0) is 35.1 Å². The molecule has 154 valence electrons. The zero-order chi connectivity index (χ0) is 20.7. The van der Waals surface area contributed by atoms with Crippen molar-refractivity contribution < 1.29 is 33.3 Å². The molecule has 0 bridgehead atoms. The number of nitrogens with zero attached hydrogens (tertiary/aromatic N) is 1. The summed E-state index contributed by atoms with van der Waals surface area (Å²) in [7, 11) is 1.24. The minimum Gasteiger partial charge on any atom is -0.467 e. The standard InChI is InChI=1S/C20H27NO7/c1-20(2,3)28-16(22)13-26-15-10-11-21(17(15)18(23)25-4)19(24)27-12-14-8-6-5-7-9-14/h5-9,15,17H,10-13H2,1-4H3/t15-,17-/m0/s1. The number of amides is 1. The third kappa shape index (κ3) is 6.23. The summed E-state index contributed by atoms with van der Waals surface area (Å²) in [4.78, 5) is 37.8. The fraction of sp³-hybridized carbons (Fsp3) is 0.550. The molecular weight excluding hydrogens is 366 g/mol. The number of ether oxygens (including phenoxy) is 4. The Hall–Kier alpha value is -2.61. The molecule has 1 fully saturated rings. The van der Waals surface area contributed by atoms with Crippen LogP contribution in [0, 0.1) is 0 Å². The van der Waals surface area contributed by atoms with E-state index in [1.807, 2.05) is 30.3 Å². The Morgan fingerprint density at radius 3 is 2.43 bits per heavy atom. The molecule has 28 heavy (non-hydrogen) atoms. The van der Waals surface area contributed by atoms with Gasteiger partial charge in [-0.3, -0.25) is 4.90 Å². The van der Waals surface area contributed by atoms with Crippen LogP contribution in [0.5, 0.6) is 0 Å². The van der Waals surface area contributed by atoms with Crippen LogP contribution in [0.4, 0.5) is 4.79 Å². The Morgan fingerprint density at radius 2 is 1.82 bits per heavy atom. The van der Waals surface area contributed by atoms with Gasteiger partial charge in [-0.2, -0.15) is 0 Å². The van der Waals surface area contributed by atoms with Crippen LogP contribution in [0.1, 0.15) is 32.8 Å². The van der Waals surface area contributed by atoms with Crippen molar-refractivity contribution in [2.24, 2.45) is 0 Å². The summed E-state index contributed by atoms with van der Waals surface area (Å²) in [6.45, 7) is 5.29. The molecule has 8 nitrogen and oxygen atoms in total. The third-order valence-electron chi connectivity index (χ3n) is 4.06. The van der Waals surface area contributed by atoms with E-state index in [0.29, 0.717) is 6.42 Å². The Kier molecular flexibility index (Phi) is 7.39. The molecule has 0 radical (unpaired) electrons. The van der Waals surface area contributed by atoms with E-state index in [0.717, 1.165) is 5.56 Å². The van der Waals surface area contributed by atoms with Gasteiger partial charge in [-0.25, -0.2) is 14.4 Å². The predicted octanol–water partition coefficient (Wildman–Crippen LogP) is 2.30. The lowest BCUT2D eigenvalue weighted by Crippen LogP contribution is -2.47. The van der Waals surface area contributed by atoms with Gasteiger partial charge in [0.15, 0.2) is 6.04 Å². The normalized spacial score (nSPS) is 19.2. The average Bonchev–Trinajstić information content (AvgIpc) is 3.07. The fourth-order valence-electron chi connectivity index (χ4n) is 2.89. The number of carbonyl (C=O) groups is 3. The lowest BCUT2D eigenvalue weighted by Gasteiger charge is -2.25. The van der Waals surface area contributed by atoms with Gasteiger partial charge in [0.25, 0.3) is 0 Å². The molecular formula is C20H27NO7. The molecule has 1 aromatic rings. The maximum atomic E-state index is 12.5. The van der Waals surface area contributed by atoms with Crippen LogP contribution in [-0.4, -0.2) is 60.9 Å². The second kappa shape index (κ2) is 9.54. The van der Waals surface area contributed by atoms with Crippen LogP contribution in [0.3, 0.4) is 0 Å². The maximum absolute atomic E-state index is 12.5. The van der Waals surface area contributed by atoms with Gasteiger partial charge >= 0.3 is 18.0 Å². The van der Waals surface area contributed by atoms with E-state index in [9.17, 15) is 14.4 Å². The first-order valence-corrected chi connectivity index (χ1v) is 9.10. The Labute approximate surface area is 164 Å². The SMILES string of the molecule is COC(=O)[C@@H]1[C@@H](OCC(=O)OC(C)(C)C)CCN1C(=O)OCc1ccccc1. The van der Waals surface area contributed by atoms with Gasteiger partial charge in [0.2, 0.25) is 0 Å². The van der Waals surface area contributed by atoms with E-state index in [1.54, 1.807) is 20.8 Å². The molecule has 1 aliphatic rings. The highest BCUT2D eigenvalue weighted by molar-refractivity contribution is 5.83. The van der Waals surface area contributed by atoms with Crippen LogP contribution >= 0.6 is 0 Å². The summed E-state index contributed by atoms with van der Waals surface area (Å²) in [6.07, 6.45) is -0.935. The zero-order valence-electron chi connectivity index (χ0n) is 16.7. The van der Waals surface area contributed by atoms with Crippen LogP contribution in [0.15, 0.2) is 30.3 Å². The monoisotopic (exact) mass is 393 g/mol. The largest absolute Gasteiger partial charge is 0.467 e. The van der Waals surface area contributed by atoms with E-state index in [-0.39, 0.29) is 19.8 Å². The van der Waals surface area contributed by atoms with Crippen molar-refractivity contribution in [2.45, 2.75) is 51.5 Å². The van der Waals surface area contributed by atoms with Crippen LogP contribution < -0.4 is 0 Å². The first-order chi connectivity index (χ1) is 13.2. The number of rotatable bonds is 6. The topological polar surface area (TPSA) is 91.4 Å². The molecule has 1 aliphatic heterocycles. The first kappa shape index (κ1) is 21.7. The number of carbonyl (C=O) groups excluding carboxylic acids is 3. The zero-order valence-corrected chi connectivity index (χ0v) is 16.7. The van der Waals surface area contributed by atoms with Gasteiger partial charge in [0, 0.05) is 6.54 Å². The predicted molar refractivity (Wildman–Crippen MR) is 99.3 cm³/mol. The highest BCUT2D eigenvalue weighted by Gasteiger charge is 2.44. The summed E-state index contributed by atoms with van der Waals surface area (Å²) >= 11 is 0. The molecule has 1 aromatic carbocycles. The Morgan fingerprint density at radius 1 is 1.14 bits per heavy atom. The highest BCUT2D eigenvalue weighted by Crippen LogP contribution is 2.24. The summed E-state index contributed by atoms with van der Waals surface area (Å²) in [5, 5.41) is 0. The number of methoxy groups -OCH3 is 1. The first-order valence-electron chi connectivity index (χ1n) is 9.10. The van der Waals surface area contributed by atoms with Crippen molar-refractivity contribution in [2.75, 3.05) is 20.3 Å². The Balaban J connectivity index is 1.96. The van der Waals surface area contributed by atoms with E-state index in [2.05, 4.69) is 0 Å². The molecule has 2 rings (SSSR count). The van der Waals surface area contributed by atoms with Crippen molar-refractivity contribution in [1.82, 2.24) is 4.90 Å². The van der Waals surface area contributed by atoms with Gasteiger partial charge in [-0.15, -0.1) is 0 Å². The molecule has 1 amide bonds. The summed E-state index contributed by atoms with van der Waals surface area (Å²) in [5.41, 5.74) is 0.202. The van der Waals surface area contributed by atoms with Crippen molar-refractivity contribution in [3.8, 4) is 0 Å². The maximum Gasteiger partial charge on any atom is 0.410 e. The van der Waals surface area contributed by atoms with Crippen LogP contribution in [0.25, 0.3) is 0 Å². The molecule has 0 unspecified atom stereocenters. The fourth-order valence-corrected chi connectivity index (χ4v) is 2.89. The van der Waals surface area contributed by atoms with Crippen molar-refractivity contribution in [3.05, 3.63) is 35.9 Å². The smallest absolute Gasteiger partial charge is 0.410 e. The lowest BCUT2D eigenvalue weighted by atomic mass is 10.1. The van der Waals surface area contributed by atoms with Crippen molar-refractivity contribution in [3.63, 3.8) is 0 Å². The number of likely N-dealkylation sites (tertiary alicyclic amines) is 1. The summed E-state index contributed by atoms with van der Waals surface area (Å²) < 4.78 is 20.9. The van der Waals surface area contributed by atoms with Crippen molar-refractivity contribution >= 4 is 18.0 Å². The molecule has 0 saturated carbocycles. The van der Waals surface area contributed by atoms with Gasteiger partial charge in [-0.05, 0) is 32.8 Å². The molecule has 0 spiro atoms. The number of esters is 2. The minimum absolute atomic E-state index is 0.0908. The molecule has 8 heteroatoms. The average molecular weight is 393 g/mol. The lowest BCUT2D eigenvalue weighted by molar-refractivity contribution is -0.165. The molecule has 1 saturated heterocycles. The van der Waals surface area contributed by atoms with Gasteiger partial charge in [-0.1, -0.05) is 30.3 Å². The molecule has 1 heterocycles. The van der Waals surface area contributed by atoms with Crippen LogP contribution in [0.2, 0.25) is 0 Å². The second-order valence-electron chi connectivity index (χ2n) is 7.43.